The number of hydrogen-bond acceptors (Lipinski definition) is 4. The summed E-state index contributed by atoms with van der Waals surface area (Å²) < 4.78 is 0. The molecule has 4 rings (SSSR count). The van der Waals surface area contributed by atoms with Gasteiger partial charge in [-0.1, -0.05) is 60.7 Å². The lowest BCUT2D eigenvalue weighted by Gasteiger charge is -2.06. The number of nitrogens with one attached hydrogen (secondary N) is 2. The van der Waals surface area contributed by atoms with Crippen molar-refractivity contribution in [2.24, 2.45) is 10.4 Å². The summed E-state index contributed by atoms with van der Waals surface area (Å²) in [6, 6.07) is 32.6. The molecule has 0 aliphatic heterocycles. The number of anilines is 2. The van der Waals surface area contributed by atoms with Crippen LogP contribution < -0.4 is 10.9 Å². The van der Waals surface area contributed by atoms with Crippen molar-refractivity contribution in [3.63, 3.8) is 0 Å². The molecule has 158 valence electrons. The molecule has 0 saturated carbocycles. The molecule has 4 aromatic rings. The largest absolute Gasteiger partial charge is 0.691 e. The van der Waals surface area contributed by atoms with Crippen molar-refractivity contribution in [3.8, 4) is 11.1 Å². The van der Waals surface area contributed by atoms with E-state index in [9.17, 15) is 10.4 Å². The van der Waals surface area contributed by atoms with Gasteiger partial charge in [0.15, 0.2) is 11.4 Å². The lowest BCUT2D eigenvalue weighted by Crippen LogP contribution is -1.98. The van der Waals surface area contributed by atoms with Gasteiger partial charge in [0.1, 0.15) is 11.4 Å². The molecule has 0 aliphatic rings. The third kappa shape index (κ3) is 5.25. The van der Waals surface area contributed by atoms with Crippen LogP contribution in [-0.2, 0) is 0 Å². The van der Waals surface area contributed by atoms with Crippen LogP contribution in [0.5, 0.6) is 0 Å². The van der Waals surface area contributed by atoms with Gasteiger partial charge in [-0.3, -0.25) is 0 Å². The first-order valence-electron chi connectivity index (χ1n) is 9.87. The molecule has 0 bridgehead atoms. The summed E-state index contributed by atoms with van der Waals surface area (Å²) in [4.78, 5) is 1.07. The van der Waals surface area contributed by atoms with Crippen LogP contribution in [0.25, 0.3) is 11.1 Å². The van der Waals surface area contributed by atoms with Gasteiger partial charge in [-0.2, -0.15) is 0 Å². The second kappa shape index (κ2) is 9.86. The maximum Gasteiger partial charge on any atom is 0.154 e. The van der Waals surface area contributed by atoms with Gasteiger partial charge in [-0.05, 0) is 59.7 Å². The van der Waals surface area contributed by atoms with E-state index in [2.05, 4.69) is 21.3 Å². The minimum absolute atomic E-state index is 0.445. The molecule has 0 unspecified atom stereocenters. The van der Waals surface area contributed by atoms with Crippen LogP contribution in [0, 0.1) is 10.4 Å². The Kier molecular flexibility index (Phi) is 6.33. The van der Waals surface area contributed by atoms with E-state index < -0.39 is 0 Å². The molecule has 0 spiro atoms. The Bertz CT molecular complexity index is 1110. The molecule has 0 radical (unpaired) electrons. The van der Waals surface area contributed by atoms with Gasteiger partial charge >= 0.3 is 0 Å². The number of hydrogen-bond donors (Lipinski definition) is 2. The Morgan fingerprint density at radius 3 is 1.16 bits per heavy atom. The molecule has 0 aliphatic carbocycles. The predicted octanol–water partition coefficient (Wildman–Crippen LogP) is 6.60. The SMILES string of the molecule is [O-]/[N+](=N\Nc1ccc(-c2ccc(N/N=[N+](\[O-])c3ccccc3)cc2)cc1)c1ccccc1. The zero-order valence-corrected chi connectivity index (χ0v) is 17.0. The number of rotatable bonds is 7. The molecule has 0 aromatic heterocycles. The molecule has 0 heterocycles. The van der Waals surface area contributed by atoms with Crippen LogP contribution in [0.2, 0.25) is 0 Å². The lowest BCUT2D eigenvalue weighted by molar-refractivity contribution is -0.439. The summed E-state index contributed by atoms with van der Waals surface area (Å²) in [6.45, 7) is 0. The molecule has 0 amide bonds. The maximum absolute atomic E-state index is 12.0. The predicted molar refractivity (Wildman–Crippen MR) is 123 cm³/mol. The van der Waals surface area contributed by atoms with Gasteiger partial charge in [0.2, 0.25) is 0 Å². The minimum atomic E-state index is 0.445. The number of nitrogens with zero attached hydrogens (tertiary/aromatic N) is 4. The first-order valence-corrected chi connectivity index (χ1v) is 9.87. The first kappa shape index (κ1) is 20.5. The average molecular weight is 424 g/mol. The van der Waals surface area contributed by atoms with Crippen LogP contribution >= 0.6 is 0 Å². The zero-order chi connectivity index (χ0) is 22.2. The van der Waals surface area contributed by atoms with Gasteiger partial charge in [0.05, 0.1) is 10.4 Å². The average Bonchev–Trinajstić information content (AvgIpc) is 2.87. The van der Waals surface area contributed by atoms with E-state index in [1.807, 2.05) is 60.7 Å². The van der Waals surface area contributed by atoms with E-state index in [0.29, 0.717) is 32.5 Å². The summed E-state index contributed by atoms with van der Waals surface area (Å²) in [7, 11) is 0. The van der Waals surface area contributed by atoms with Gasteiger partial charge < -0.3 is 10.4 Å². The highest BCUT2D eigenvalue weighted by Gasteiger charge is 2.04. The quantitative estimate of drug-likeness (QED) is 0.198. The highest BCUT2D eigenvalue weighted by molar-refractivity contribution is 5.67. The van der Waals surface area contributed by atoms with Gasteiger partial charge in [-0.15, -0.1) is 20.6 Å². The van der Waals surface area contributed by atoms with Crippen LogP contribution in [0.15, 0.2) is 120 Å². The van der Waals surface area contributed by atoms with E-state index in [-0.39, 0.29) is 0 Å². The molecule has 0 saturated heterocycles. The molecule has 4 aromatic carbocycles. The molecular weight excluding hydrogens is 404 g/mol. The standard InChI is InChI=1S/C24H20N6O2/c31-29(23-7-3-1-4-8-23)27-25-21-15-11-19(12-16-21)20-13-17-22(18-14-20)26-28-30(32)24-9-5-2-6-10-24/h1-18,25-26H/b29-27-,30-28-. The third-order valence-corrected chi connectivity index (χ3v) is 4.60. The summed E-state index contributed by atoms with van der Waals surface area (Å²) >= 11 is 0. The van der Waals surface area contributed by atoms with Crippen molar-refractivity contribution < 1.29 is 9.72 Å². The molecule has 0 atom stereocenters. The number of para-hydroxylation sites is 2. The van der Waals surface area contributed by atoms with Crippen molar-refractivity contribution in [1.29, 1.82) is 0 Å². The van der Waals surface area contributed by atoms with Crippen LogP contribution in [0.1, 0.15) is 0 Å². The Labute approximate surface area is 184 Å². The lowest BCUT2D eigenvalue weighted by atomic mass is 10.1. The second-order valence-corrected chi connectivity index (χ2v) is 6.80. The van der Waals surface area contributed by atoms with Crippen molar-refractivity contribution in [2.45, 2.75) is 0 Å². The molecule has 2 N–H and O–H groups in total. The van der Waals surface area contributed by atoms with Crippen LogP contribution in [0.4, 0.5) is 22.7 Å². The van der Waals surface area contributed by atoms with E-state index in [1.165, 1.54) is 0 Å². The fourth-order valence-corrected chi connectivity index (χ4v) is 2.91. The summed E-state index contributed by atoms with van der Waals surface area (Å²) in [5, 5.41) is 31.6. The molecule has 0 fully saturated rings. The monoisotopic (exact) mass is 424 g/mol. The highest BCUT2D eigenvalue weighted by atomic mass is 16.5. The van der Waals surface area contributed by atoms with Gasteiger partial charge in [0.25, 0.3) is 0 Å². The normalized spacial score (nSPS) is 11.8. The van der Waals surface area contributed by atoms with Gasteiger partial charge in [-0.25, -0.2) is 0 Å². The van der Waals surface area contributed by atoms with E-state index in [1.54, 1.807) is 48.5 Å². The molecular formula is C24H20N6O2. The third-order valence-electron chi connectivity index (χ3n) is 4.60. The fraction of sp³-hybridized carbons (Fsp3) is 0. The Balaban J connectivity index is 1.38. The Morgan fingerprint density at radius 1 is 0.469 bits per heavy atom. The fourth-order valence-electron chi connectivity index (χ4n) is 2.91. The van der Waals surface area contributed by atoms with E-state index in [4.69, 9.17) is 0 Å². The first-order chi connectivity index (χ1) is 15.7. The van der Waals surface area contributed by atoms with Crippen molar-refractivity contribution in [2.75, 3.05) is 10.9 Å². The second-order valence-electron chi connectivity index (χ2n) is 6.80. The molecule has 32 heavy (non-hydrogen) atoms. The Morgan fingerprint density at radius 2 is 0.812 bits per heavy atom. The van der Waals surface area contributed by atoms with Crippen LogP contribution in [0.3, 0.4) is 0 Å². The summed E-state index contributed by atoms with van der Waals surface area (Å²) in [6.07, 6.45) is 0. The molecule has 8 heteroatoms. The van der Waals surface area contributed by atoms with E-state index >= 15 is 0 Å². The van der Waals surface area contributed by atoms with Crippen LogP contribution in [-0.4, -0.2) is 9.72 Å². The molecule has 8 nitrogen and oxygen atoms in total. The topological polar surface area (TPSA) is 101 Å². The van der Waals surface area contributed by atoms with Gasteiger partial charge in [0, 0.05) is 0 Å². The highest BCUT2D eigenvalue weighted by Crippen LogP contribution is 2.23. The van der Waals surface area contributed by atoms with Crippen molar-refractivity contribution in [1.82, 2.24) is 0 Å². The minimum Gasteiger partial charge on any atom is -0.691 e. The Hall–Kier alpha value is -4.72. The maximum atomic E-state index is 12.0. The smallest absolute Gasteiger partial charge is 0.154 e. The van der Waals surface area contributed by atoms with Crippen molar-refractivity contribution >= 4 is 22.7 Å². The number of benzene rings is 4. The van der Waals surface area contributed by atoms with Crippen molar-refractivity contribution in [3.05, 3.63) is 120 Å². The zero-order valence-electron chi connectivity index (χ0n) is 17.0. The summed E-state index contributed by atoms with van der Waals surface area (Å²) in [5.41, 5.74) is 9.78. The summed E-state index contributed by atoms with van der Waals surface area (Å²) in [5.74, 6) is 0. The van der Waals surface area contributed by atoms with E-state index in [0.717, 1.165) is 11.1 Å².